The zero-order valence-electron chi connectivity index (χ0n) is 12.2. The largest absolute Gasteiger partial charge is 0.387 e. The third-order valence-electron chi connectivity index (χ3n) is 4.38. The fraction of sp³-hybridized carbons (Fsp3) is 0.471. The number of aromatic nitrogens is 2. The molecular weight excluding hydrogens is 248 g/mol. The van der Waals surface area contributed by atoms with Crippen LogP contribution in [-0.4, -0.2) is 14.9 Å². The van der Waals surface area contributed by atoms with Crippen molar-refractivity contribution in [2.75, 3.05) is 0 Å². The smallest absolute Gasteiger partial charge is 0.0962 e. The Morgan fingerprint density at radius 3 is 2.95 bits per heavy atom. The first-order chi connectivity index (χ1) is 9.65. The average Bonchev–Trinajstić information content (AvgIpc) is 2.78. The molecule has 1 aliphatic carbocycles. The molecule has 20 heavy (non-hydrogen) atoms. The summed E-state index contributed by atoms with van der Waals surface area (Å²) in [6.45, 7) is 1.96. The maximum atomic E-state index is 10.5. The first-order valence-corrected chi connectivity index (χ1v) is 7.41. The second-order valence-electron chi connectivity index (χ2n) is 5.87. The van der Waals surface area contributed by atoms with Gasteiger partial charge >= 0.3 is 0 Å². The summed E-state index contributed by atoms with van der Waals surface area (Å²) in [7, 11) is 1.90. The quantitative estimate of drug-likeness (QED) is 0.929. The summed E-state index contributed by atoms with van der Waals surface area (Å²) in [5, 5.41) is 14.9. The number of aryl methyl sites for hydroxylation is 3. The van der Waals surface area contributed by atoms with Crippen molar-refractivity contribution in [3.8, 4) is 0 Å². The SMILES string of the molecule is Cc1cc(C(O)CC2CCCc3ccccc32)n(C)n1. The van der Waals surface area contributed by atoms with Crippen LogP contribution in [0.3, 0.4) is 0 Å². The number of aliphatic hydroxyl groups excluding tert-OH is 1. The molecular formula is C17H22N2O. The predicted octanol–water partition coefficient (Wildman–Crippen LogP) is 3.27. The van der Waals surface area contributed by atoms with E-state index in [4.69, 9.17) is 0 Å². The van der Waals surface area contributed by atoms with E-state index in [2.05, 4.69) is 29.4 Å². The Labute approximate surface area is 120 Å². The van der Waals surface area contributed by atoms with E-state index >= 15 is 0 Å². The Morgan fingerprint density at radius 1 is 1.40 bits per heavy atom. The number of hydrogen-bond acceptors (Lipinski definition) is 2. The van der Waals surface area contributed by atoms with Gasteiger partial charge in [0.1, 0.15) is 0 Å². The molecule has 3 nitrogen and oxygen atoms in total. The van der Waals surface area contributed by atoms with Crippen molar-refractivity contribution in [2.45, 2.75) is 44.6 Å². The summed E-state index contributed by atoms with van der Waals surface area (Å²) in [4.78, 5) is 0. The fourth-order valence-corrected chi connectivity index (χ4v) is 3.43. The van der Waals surface area contributed by atoms with Gasteiger partial charge in [0.25, 0.3) is 0 Å². The van der Waals surface area contributed by atoms with Crippen LogP contribution >= 0.6 is 0 Å². The lowest BCUT2D eigenvalue weighted by Gasteiger charge is -2.27. The zero-order chi connectivity index (χ0) is 14.1. The maximum Gasteiger partial charge on any atom is 0.0962 e. The van der Waals surface area contributed by atoms with Gasteiger partial charge in [0, 0.05) is 7.05 Å². The van der Waals surface area contributed by atoms with E-state index in [1.165, 1.54) is 30.4 Å². The highest BCUT2D eigenvalue weighted by Crippen LogP contribution is 2.37. The van der Waals surface area contributed by atoms with Gasteiger partial charge in [-0.1, -0.05) is 24.3 Å². The van der Waals surface area contributed by atoms with Crippen molar-refractivity contribution in [3.63, 3.8) is 0 Å². The van der Waals surface area contributed by atoms with Gasteiger partial charge in [0.2, 0.25) is 0 Å². The standard InChI is InChI=1S/C17H22N2O/c1-12-10-16(19(2)18-12)17(20)11-14-8-5-7-13-6-3-4-9-15(13)14/h3-4,6,9-10,14,17,20H,5,7-8,11H2,1-2H3. The predicted molar refractivity (Wildman–Crippen MR) is 79.6 cm³/mol. The van der Waals surface area contributed by atoms with E-state index in [0.29, 0.717) is 5.92 Å². The van der Waals surface area contributed by atoms with E-state index in [1.54, 1.807) is 4.68 Å². The highest BCUT2D eigenvalue weighted by atomic mass is 16.3. The Kier molecular flexibility index (Phi) is 3.62. The topological polar surface area (TPSA) is 38.0 Å². The molecule has 0 saturated carbocycles. The lowest BCUT2D eigenvalue weighted by Crippen LogP contribution is -2.14. The molecule has 1 aromatic heterocycles. The number of nitrogens with zero attached hydrogens (tertiary/aromatic N) is 2. The van der Waals surface area contributed by atoms with Gasteiger partial charge in [0.15, 0.2) is 0 Å². The van der Waals surface area contributed by atoms with Gasteiger partial charge < -0.3 is 5.11 Å². The number of aliphatic hydroxyl groups is 1. The first kappa shape index (κ1) is 13.4. The van der Waals surface area contributed by atoms with Gasteiger partial charge in [-0.2, -0.15) is 5.10 Å². The summed E-state index contributed by atoms with van der Waals surface area (Å²) in [5.74, 6) is 0.463. The van der Waals surface area contributed by atoms with Gasteiger partial charge in [-0.05, 0) is 55.7 Å². The molecule has 1 aromatic carbocycles. The molecule has 1 N–H and O–H groups in total. The van der Waals surface area contributed by atoms with Crippen LogP contribution in [0.1, 0.15) is 53.8 Å². The van der Waals surface area contributed by atoms with Crippen molar-refractivity contribution < 1.29 is 5.11 Å². The van der Waals surface area contributed by atoms with Crippen LogP contribution < -0.4 is 0 Å². The molecule has 0 aliphatic heterocycles. The summed E-state index contributed by atoms with van der Waals surface area (Å²) in [5.41, 5.74) is 4.77. The Balaban J connectivity index is 1.80. The average molecular weight is 270 g/mol. The van der Waals surface area contributed by atoms with Gasteiger partial charge in [-0.15, -0.1) is 0 Å². The number of fused-ring (bicyclic) bond motifs is 1. The normalized spacial score (nSPS) is 19.6. The molecule has 2 atom stereocenters. The lowest BCUT2D eigenvalue weighted by atomic mass is 9.79. The molecule has 0 bridgehead atoms. The molecule has 2 aromatic rings. The lowest BCUT2D eigenvalue weighted by molar-refractivity contribution is 0.145. The highest BCUT2D eigenvalue weighted by molar-refractivity contribution is 5.33. The van der Waals surface area contributed by atoms with Crippen LogP contribution in [0.15, 0.2) is 30.3 Å². The van der Waals surface area contributed by atoms with Crippen molar-refractivity contribution in [1.29, 1.82) is 0 Å². The molecule has 2 unspecified atom stereocenters. The molecule has 0 amide bonds. The van der Waals surface area contributed by atoms with Crippen molar-refractivity contribution >= 4 is 0 Å². The maximum absolute atomic E-state index is 10.5. The van der Waals surface area contributed by atoms with Crippen molar-refractivity contribution in [3.05, 3.63) is 52.8 Å². The second kappa shape index (κ2) is 5.41. The Bertz CT molecular complexity index is 603. The highest BCUT2D eigenvalue weighted by Gasteiger charge is 2.24. The first-order valence-electron chi connectivity index (χ1n) is 7.41. The van der Waals surface area contributed by atoms with Gasteiger partial charge in [0.05, 0.1) is 17.5 Å². The summed E-state index contributed by atoms with van der Waals surface area (Å²) in [6, 6.07) is 10.7. The van der Waals surface area contributed by atoms with Crippen LogP contribution in [0.25, 0.3) is 0 Å². The van der Waals surface area contributed by atoms with Crippen LogP contribution in [0, 0.1) is 6.92 Å². The van der Waals surface area contributed by atoms with E-state index in [-0.39, 0.29) is 0 Å². The van der Waals surface area contributed by atoms with Crippen LogP contribution in [0.4, 0.5) is 0 Å². The molecule has 0 spiro atoms. The third kappa shape index (κ3) is 2.50. The minimum Gasteiger partial charge on any atom is -0.387 e. The molecule has 3 rings (SSSR count). The molecule has 0 fully saturated rings. The van der Waals surface area contributed by atoms with Gasteiger partial charge in [-0.3, -0.25) is 4.68 Å². The van der Waals surface area contributed by atoms with Gasteiger partial charge in [-0.25, -0.2) is 0 Å². The third-order valence-corrected chi connectivity index (χ3v) is 4.38. The Hall–Kier alpha value is -1.61. The second-order valence-corrected chi connectivity index (χ2v) is 5.87. The van der Waals surface area contributed by atoms with E-state index in [9.17, 15) is 5.11 Å². The summed E-state index contributed by atoms with van der Waals surface area (Å²) < 4.78 is 1.80. The summed E-state index contributed by atoms with van der Waals surface area (Å²) >= 11 is 0. The minimum absolute atomic E-state index is 0.433. The molecule has 3 heteroatoms. The van der Waals surface area contributed by atoms with Crippen LogP contribution in [0.5, 0.6) is 0 Å². The molecule has 106 valence electrons. The van der Waals surface area contributed by atoms with Crippen molar-refractivity contribution in [1.82, 2.24) is 9.78 Å². The van der Waals surface area contributed by atoms with Crippen molar-refractivity contribution in [2.24, 2.45) is 7.05 Å². The number of benzene rings is 1. The zero-order valence-corrected chi connectivity index (χ0v) is 12.2. The summed E-state index contributed by atoms with van der Waals surface area (Å²) in [6.07, 6.45) is 3.92. The molecule has 1 heterocycles. The molecule has 0 saturated heterocycles. The minimum atomic E-state index is -0.433. The fourth-order valence-electron chi connectivity index (χ4n) is 3.43. The van der Waals surface area contributed by atoms with E-state index in [1.807, 2.05) is 20.0 Å². The van der Waals surface area contributed by atoms with Crippen LogP contribution in [0.2, 0.25) is 0 Å². The monoisotopic (exact) mass is 270 g/mol. The molecule has 0 radical (unpaired) electrons. The molecule has 1 aliphatic rings. The Morgan fingerprint density at radius 2 is 2.20 bits per heavy atom. The number of hydrogen-bond donors (Lipinski definition) is 1. The van der Waals surface area contributed by atoms with E-state index < -0.39 is 6.10 Å². The van der Waals surface area contributed by atoms with Crippen LogP contribution in [-0.2, 0) is 13.5 Å². The van der Waals surface area contributed by atoms with E-state index in [0.717, 1.165) is 17.8 Å². The number of rotatable bonds is 3.